The second kappa shape index (κ2) is 6.10. The van der Waals surface area contributed by atoms with E-state index in [4.69, 9.17) is 16.9 Å². The fourth-order valence-corrected chi connectivity index (χ4v) is 3.21. The molecule has 19 heavy (non-hydrogen) atoms. The second-order valence-electron chi connectivity index (χ2n) is 4.54. The highest BCUT2D eigenvalue weighted by molar-refractivity contribution is 7.11. The molecule has 0 radical (unpaired) electrons. The number of hydrogen-bond donors (Lipinski definition) is 1. The zero-order chi connectivity index (χ0) is 13.8. The molecule has 1 aromatic heterocycles. The Labute approximate surface area is 122 Å². The van der Waals surface area contributed by atoms with Crippen LogP contribution in [0.1, 0.15) is 22.2 Å². The molecule has 0 spiro atoms. The van der Waals surface area contributed by atoms with Gasteiger partial charge in [-0.3, -0.25) is 0 Å². The number of rotatable bonds is 4. The van der Waals surface area contributed by atoms with Crippen LogP contribution >= 0.6 is 22.9 Å². The van der Waals surface area contributed by atoms with E-state index >= 15 is 0 Å². The lowest BCUT2D eigenvalue weighted by molar-refractivity contribution is 0.800. The van der Waals surface area contributed by atoms with Crippen LogP contribution in [-0.4, -0.2) is 6.04 Å². The second-order valence-corrected chi connectivity index (χ2v) is 6.32. The average Bonchev–Trinajstić information content (AvgIpc) is 2.75. The van der Waals surface area contributed by atoms with Gasteiger partial charge in [0.25, 0.3) is 0 Å². The van der Waals surface area contributed by atoms with Crippen LogP contribution in [0.25, 0.3) is 0 Å². The molecule has 0 bridgehead atoms. The van der Waals surface area contributed by atoms with E-state index in [2.05, 4.69) is 37.4 Å². The monoisotopic (exact) mass is 290 g/mol. The predicted molar refractivity (Wildman–Crippen MR) is 82.0 cm³/mol. The third kappa shape index (κ3) is 3.50. The molecule has 1 aromatic carbocycles. The van der Waals surface area contributed by atoms with Gasteiger partial charge in [0.05, 0.1) is 16.3 Å². The molecular formula is C15H15ClN2S. The maximum Gasteiger partial charge on any atom is 0.103 e. The van der Waals surface area contributed by atoms with Crippen LogP contribution in [-0.2, 0) is 6.42 Å². The normalized spacial score (nSPS) is 11.9. The third-order valence-electron chi connectivity index (χ3n) is 2.83. The molecule has 2 aromatic rings. The van der Waals surface area contributed by atoms with Crippen molar-refractivity contribution < 1.29 is 0 Å². The minimum absolute atomic E-state index is 0.253. The van der Waals surface area contributed by atoms with Gasteiger partial charge in [0.15, 0.2) is 0 Å². The Morgan fingerprint density at radius 2 is 2.16 bits per heavy atom. The summed E-state index contributed by atoms with van der Waals surface area (Å²) in [7, 11) is 0. The number of benzene rings is 1. The Kier molecular flexibility index (Phi) is 4.47. The molecule has 4 heteroatoms. The minimum Gasteiger partial charge on any atom is -0.381 e. The third-order valence-corrected chi connectivity index (χ3v) is 4.17. The molecule has 0 aliphatic heterocycles. The highest BCUT2D eigenvalue weighted by atomic mass is 35.5. The van der Waals surface area contributed by atoms with Crippen molar-refractivity contribution in [3.63, 3.8) is 0 Å². The molecule has 0 aliphatic carbocycles. The number of hydrogen-bond acceptors (Lipinski definition) is 3. The largest absolute Gasteiger partial charge is 0.381 e. The Bertz CT molecular complexity index is 613. The highest BCUT2D eigenvalue weighted by Crippen LogP contribution is 2.25. The maximum atomic E-state index is 9.13. The Balaban J connectivity index is 2.09. The van der Waals surface area contributed by atoms with E-state index in [1.807, 2.05) is 23.5 Å². The van der Waals surface area contributed by atoms with E-state index in [1.165, 1.54) is 9.75 Å². The summed E-state index contributed by atoms with van der Waals surface area (Å²) in [4.78, 5) is 2.67. The molecule has 0 aliphatic rings. The summed E-state index contributed by atoms with van der Waals surface area (Å²) in [6.07, 6.45) is 0.940. The first-order valence-corrected chi connectivity index (χ1v) is 7.30. The van der Waals surface area contributed by atoms with Crippen molar-refractivity contribution >= 4 is 28.6 Å². The smallest absolute Gasteiger partial charge is 0.103 e. The van der Waals surface area contributed by atoms with Gasteiger partial charge in [-0.15, -0.1) is 11.3 Å². The van der Waals surface area contributed by atoms with Gasteiger partial charge >= 0.3 is 0 Å². The van der Waals surface area contributed by atoms with Crippen LogP contribution in [0, 0.1) is 18.3 Å². The van der Waals surface area contributed by atoms with Crippen molar-refractivity contribution in [3.8, 4) is 6.07 Å². The summed E-state index contributed by atoms with van der Waals surface area (Å²) in [5.41, 5.74) is 1.31. The van der Waals surface area contributed by atoms with Gasteiger partial charge in [0.2, 0.25) is 0 Å². The van der Waals surface area contributed by atoms with Crippen molar-refractivity contribution in [1.29, 1.82) is 5.26 Å². The number of anilines is 1. The molecule has 0 saturated heterocycles. The van der Waals surface area contributed by atoms with Gasteiger partial charge in [-0.1, -0.05) is 17.7 Å². The SMILES string of the molecule is Cc1ccc(CC(C)Nc2cccc(Cl)c2C#N)s1. The molecule has 0 amide bonds. The average molecular weight is 291 g/mol. The lowest BCUT2D eigenvalue weighted by atomic mass is 10.1. The van der Waals surface area contributed by atoms with E-state index in [0.717, 1.165) is 12.1 Å². The molecule has 0 fully saturated rings. The first-order chi connectivity index (χ1) is 9.10. The molecule has 1 atom stereocenters. The van der Waals surface area contributed by atoms with E-state index < -0.39 is 0 Å². The number of thiophene rings is 1. The number of aryl methyl sites for hydroxylation is 1. The molecule has 2 rings (SSSR count). The summed E-state index contributed by atoms with van der Waals surface area (Å²) in [6.45, 7) is 4.22. The quantitative estimate of drug-likeness (QED) is 0.891. The molecular weight excluding hydrogens is 276 g/mol. The summed E-state index contributed by atoms with van der Waals surface area (Å²) < 4.78 is 0. The van der Waals surface area contributed by atoms with E-state index in [9.17, 15) is 0 Å². The van der Waals surface area contributed by atoms with Crippen molar-refractivity contribution in [3.05, 3.63) is 50.7 Å². The molecule has 1 N–H and O–H groups in total. The van der Waals surface area contributed by atoms with Crippen molar-refractivity contribution in [2.24, 2.45) is 0 Å². The van der Waals surface area contributed by atoms with E-state index in [0.29, 0.717) is 10.6 Å². The van der Waals surface area contributed by atoms with Gasteiger partial charge < -0.3 is 5.32 Å². The summed E-state index contributed by atoms with van der Waals surface area (Å²) in [5.74, 6) is 0. The first-order valence-electron chi connectivity index (χ1n) is 6.10. The minimum atomic E-state index is 0.253. The van der Waals surface area contributed by atoms with Gasteiger partial charge in [-0.25, -0.2) is 0 Å². The molecule has 98 valence electrons. The zero-order valence-corrected chi connectivity index (χ0v) is 12.5. The topological polar surface area (TPSA) is 35.8 Å². The Hall–Kier alpha value is -1.50. The summed E-state index contributed by atoms with van der Waals surface area (Å²) >= 11 is 7.82. The van der Waals surface area contributed by atoms with Crippen molar-refractivity contribution in [2.45, 2.75) is 26.3 Å². The molecule has 1 unspecified atom stereocenters. The zero-order valence-electron chi connectivity index (χ0n) is 10.9. The van der Waals surface area contributed by atoms with Crippen molar-refractivity contribution in [2.75, 3.05) is 5.32 Å². The van der Waals surface area contributed by atoms with Gasteiger partial charge in [0, 0.05) is 22.2 Å². The summed E-state index contributed by atoms with van der Waals surface area (Å²) in [6, 6.07) is 12.2. The van der Waals surface area contributed by atoms with Crippen LogP contribution < -0.4 is 5.32 Å². The lowest BCUT2D eigenvalue weighted by Gasteiger charge is -2.16. The van der Waals surface area contributed by atoms with Crippen LogP contribution in [0.15, 0.2) is 30.3 Å². The van der Waals surface area contributed by atoms with Gasteiger partial charge in [-0.05, 0) is 38.1 Å². The Morgan fingerprint density at radius 3 is 2.79 bits per heavy atom. The standard InChI is InChI=1S/C15H15ClN2S/c1-10(8-12-7-6-11(2)19-12)18-15-5-3-4-14(16)13(15)9-17/h3-7,10,18H,8H2,1-2H3. The fourth-order valence-electron chi connectivity index (χ4n) is 1.97. The van der Waals surface area contributed by atoms with E-state index in [1.54, 1.807) is 6.07 Å². The molecule has 2 nitrogen and oxygen atoms in total. The van der Waals surface area contributed by atoms with Gasteiger partial charge in [0.1, 0.15) is 6.07 Å². The molecule has 1 heterocycles. The predicted octanol–water partition coefficient (Wildman–Crippen LogP) is 4.62. The summed E-state index contributed by atoms with van der Waals surface area (Å²) in [5, 5.41) is 13.0. The molecule has 0 saturated carbocycles. The maximum absolute atomic E-state index is 9.13. The number of nitrogens with one attached hydrogen (secondary N) is 1. The number of nitrogens with zero attached hydrogens (tertiary/aromatic N) is 1. The lowest BCUT2D eigenvalue weighted by Crippen LogP contribution is -2.18. The number of nitriles is 1. The first kappa shape index (κ1) is 13.9. The highest BCUT2D eigenvalue weighted by Gasteiger charge is 2.10. The Morgan fingerprint density at radius 1 is 1.37 bits per heavy atom. The number of halogens is 1. The van der Waals surface area contributed by atoms with Crippen LogP contribution in [0.5, 0.6) is 0 Å². The van der Waals surface area contributed by atoms with Crippen LogP contribution in [0.4, 0.5) is 5.69 Å². The fraction of sp³-hybridized carbons (Fsp3) is 0.267. The van der Waals surface area contributed by atoms with Crippen molar-refractivity contribution in [1.82, 2.24) is 0 Å². The van der Waals surface area contributed by atoms with E-state index in [-0.39, 0.29) is 6.04 Å². The van der Waals surface area contributed by atoms with Gasteiger partial charge in [-0.2, -0.15) is 5.26 Å². The van der Waals surface area contributed by atoms with Crippen LogP contribution in [0.2, 0.25) is 5.02 Å². The van der Waals surface area contributed by atoms with Crippen LogP contribution in [0.3, 0.4) is 0 Å².